The molecule has 219 valence electrons. The van der Waals surface area contributed by atoms with Crippen LogP contribution >= 0.6 is 0 Å². The second kappa shape index (κ2) is 13.9. The van der Waals surface area contributed by atoms with Crippen LogP contribution in [0.4, 0.5) is 0 Å². The van der Waals surface area contributed by atoms with E-state index in [4.69, 9.17) is 14.4 Å². The summed E-state index contributed by atoms with van der Waals surface area (Å²) in [5.41, 5.74) is 8.30. The van der Waals surface area contributed by atoms with Crippen LogP contribution in [0.3, 0.4) is 0 Å². The maximum absolute atomic E-state index is 6.24. The molecular weight excluding hydrogens is 735 g/mol. The molecule has 0 saturated carbocycles. The monoisotopic (exact) mass is 766 g/mol. The summed E-state index contributed by atoms with van der Waals surface area (Å²) >= 11 is 0. The quantitative estimate of drug-likeness (QED) is 0.130. The van der Waals surface area contributed by atoms with E-state index >= 15 is 0 Å². The Bertz CT molecular complexity index is 1880. The standard InChI is InChI=1S/C27H23N2OSi.C11H8N.Ir/c1-31(2,3)22-14-15-24(28-18-22)21-16-23(19-10-6-4-7-11-19)26-25(17-21)29-27(30-26)20-12-8-5-9-13-20;1-2-6-10(7-3-1)11-8-4-5-9-12-11;/h4-16,18H,1-3H3;1-6,8-9H;/q2*-1;. The van der Waals surface area contributed by atoms with Crippen LogP contribution in [0.5, 0.6) is 0 Å². The van der Waals surface area contributed by atoms with Gasteiger partial charge in [-0.3, -0.25) is 0 Å². The molecule has 0 fully saturated rings. The van der Waals surface area contributed by atoms with Crippen molar-refractivity contribution in [2.75, 3.05) is 0 Å². The number of rotatable bonds is 5. The maximum atomic E-state index is 6.24. The molecule has 0 aliphatic heterocycles. The zero-order valence-electron chi connectivity index (χ0n) is 24.8. The molecule has 0 saturated heterocycles. The van der Waals surface area contributed by atoms with E-state index in [1.807, 2.05) is 97.2 Å². The van der Waals surface area contributed by atoms with Crippen LogP contribution in [0, 0.1) is 12.1 Å². The van der Waals surface area contributed by atoms with Gasteiger partial charge in [0.25, 0.3) is 0 Å². The Morgan fingerprint density at radius 3 is 1.95 bits per heavy atom. The Balaban J connectivity index is 0.000000248. The second-order valence-corrected chi connectivity index (χ2v) is 16.3. The van der Waals surface area contributed by atoms with Crippen LogP contribution in [-0.2, 0) is 20.1 Å². The number of nitrogens with zero attached hydrogens (tertiary/aromatic N) is 3. The number of hydrogen-bond donors (Lipinski definition) is 0. The first-order chi connectivity index (χ1) is 21.0. The first-order valence-electron chi connectivity index (χ1n) is 14.3. The molecule has 0 aliphatic rings. The van der Waals surface area contributed by atoms with Gasteiger partial charge in [-0.05, 0) is 40.3 Å². The van der Waals surface area contributed by atoms with Crippen LogP contribution in [0.2, 0.25) is 19.6 Å². The van der Waals surface area contributed by atoms with Gasteiger partial charge in [0.1, 0.15) is 0 Å². The topological polar surface area (TPSA) is 51.8 Å². The van der Waals surface area contributed by atoms with Crippen LogP contribution in [0.1, 0.15) is 0 Å². The van der Waals surface area contributed by atoms with Gasteiger partial charge >= 0.3 is 0 Å². The van der Waals surface area contributed by atoms with E-state index in [-0.39, 0.29) is 20.1 Å². The Hall–Kier alpha value is -4.48. The third kappa shape index (κ3) is 7.17. The van der Waals surface area contributed by atoms with Crippen molar-refractivity contribution in [3.8, 4) is 45.1 Å². The average molecular weight is 766 g/mol. The summed E-state index contributed by atoms with van der Waals surface area (Å²) in [7, 11) is -1.40. The fourth-order valence-electron chi connectivity index (χ4n) is 4.71. The normalized spacial score (nSPS) is 10.9. The van der Waals surface area contributed by atoms with Crippen molar-refractivity contribution < 1.29 is 24.5 Å². The zero-order chi connectivity index (χ0) is 29.6. The van der Waals surface area contributed by atoms with Crippen LogP contribution in [0.25, 0.3) is 56.2 Å². The molecule has 7 aromatic rings. The van der Waals surface area contributed by atoms with Gasteiger partial charge in [0.05, 0.1) is 13.7 Å². The van der Waals surface area contributed by atoms with Crippen molar-refractivity contribution in [1.29, 1.82) is 0 Å². The van der Waals surface area contributed by atoms with Crippen molar-refractivity contribution in [3.05, 3.63) is 146 Å². The van der Waals surface area contributed by atoms with Gasteiger partial charge < -0.3 is 14.4 Å². The fraction of sp³-hybridized carbons (Fsp3) is 0.0789. The zero-order valence-corrected chi connectivity index (χ0v) is 28.2. The molecule has 7 rings (SSSR count). The molecule has 0 atom stereocenters. The largest absolute Gasteiger partial charge is 0.484 e. The van der Waals surface area contributed by atoms with Crippen LogP contribution < -0.4 is 5.19 Å². The molecule has 0 aliphatic carbocycles. The van der Waals surface area contributed by atoms with Crippen LogP contribution in [0.15, 0.2) is 138 Å². The molecular formula is C38H31IrN3OSi-2. The molecule has 6 heteroatoms. The van der Waals surface area contributed by atoms with Crippen molar-refractivity contribution in [1.82, 2.24) is 15.0 Å². The molecule has 4 aromatic carbocycles. The third-order valence-electron chi connectivity index (χ3n) is 7.07. The van der Waals surface area contributed by atoms with E-state index in [0.717, 1.165) is 44.8 Å². The van der Waals surface area contributed by atoms with Gasteiger partial charge in [0.15, 0.2) is 0 Å². The minimum Gasteiger partial charge on any atom is -0.484 e. The number of fused-ring (bicyclic) bond motifs is 1. The van der Waals surface area contributed by atoms with Crippen molar-refractivity contribution in [2.45, 2.75) is 19.6 Å². The number of pyridine rings is 2. The van der Waals surface area contributed by atoms with Crippen LogP contribution in [-0.4, -0.2) is 23.0 Å². The summed E-state index contributed by atoms with van der Waals surface area (Å²) in [4.78, 5) is 13.8. The Kier molecular flexibility index (Phi) is 9.76. The third-order valence-corrected chi connectivity index (χ3v) is 9.10. The number of hydrogen-bond acceptors (Lipinski definition) is 4. The fourth-order valence-corrected chi connectivity index (χ4v) is 5.74. The molecule has 1 radical (unpaired) electrons. The summed E-state index contributed by atoms with van der Waals surface area (Å²) in [6, 6.07) is 46.9. The molecule has 3 aromatic heterocycles. The van der Waals surface area contributed by atoms with E-state index in [0.29, 0.717) is 11.4 Å². The minimum absolute atomic E-state index is 0. The van der Waals surface area contributed by atoms with Crippen molar-refractivity contribution in [2.24, 2.45) is 0 Å². The van der Waals surface area contributed by atoms with E-state index in [9.17, 15) is 0 Å². The Morgan fingerprint density at radius 1 is 0.659 bits per heavy atom. The molecule has 0 bridgehead atoms. The summed E-state index contributed by atoms with van der Waals surface area (Å²) in [6.07, 6.45) is 3.80. The SMILES string of the molecule is C[Si](C)(C)c1ccc(-c2[c-]c3nc(-c4ccccc4)oc3c(-c3ccccc3)c2)nc1.[Ir].[c-]1ccccc1-c1ccccn1. The molecule has 0 unspecified atom stereocenters. The minimum atomic E-state index is -1.40. The summed E-state index contributed by atoms with van der Waals surface area (Å²) in [5.74, 6) is 0.600. The van der Waals surface area contributed by atoms with Crippen molar-refractivity contribution >= 4 is 24.4 Å². The molecule has 44 heavy (non-hydrogen) atoms. The van der Waals surface area contributed by atoms with E-state index in [1.54, 1.807) is 6.20 Å². The predicted octanol–water partition coefficient (Wildman–Crippen LogP) is 9.12. The Morgan fingerprint density at radius 2 is 1.34 bits per heavy atom. The molecule has 0 amide bonds. The molecule has 0 N–H and O–H groups in total. The summed E-state index contributed by atoms with van der Waals surface area (Å²) in [6.45, 7) is 6.99. The van der Waals surface area contributed by atoms with Gasteiger partial charge in [-0.2, -0.15) is 0 Å². The maximum Gasteiger partial charge on any atom is 0.216 e. The van der Waals surface area contributed by atoms with Gasteiger partial charge in [-0.15, -0.1) is 53.6 Å². The molecule has 3 heterocycles. The van der Waals surface area contributed by atoms with E-state index in [1.165, 1.54) is 5.19 Å². The summed E-state index contributed by atoms with van der Waals surface area (Å²) < 4.78 is 6.24. The van der Waals surface area contributed by atoms with Gasteiger partial charge in [0.2, 0.25) is 5.89 Å². The first-order valence-corrected chi connectivity index (χ1v) is 17.8. The smallest absolute Gasteiger partial charge is 0.216 e. The average Bonchev–Trinajstić information content (AvgIpc) is 3.50. The first kappa shape index (κ1) is 31.0. The van der Waals surface area contributed by atoms with Gasteiger partial charge in [-0.1, -0.05) is 98.0 Å². The molecule has 0 spiro atoms. The van der Waals surface area contributed by atoms with E-state index in [2.05, 4.69) is 67.1 Å². The van der Waals surface area contributed by atoms with Gasteiger partial charge in [0, 0.05) is 43.6 Å². The number of aromatic nitrogens is 3. The Labute approximate surface area is 273 Å². The molecule has 4 nitrogen and oxygen atoms in total. The van der Waals surface area contributed by atoms with E-state index < -0.39 is 8.07 Å². The second-order valence-electron chi connectivity index (χ2n) is 11.2. The predicted molar refractivity (Wildman–Crippen MR) is 178 cm³/mol. The summed E-state index contributed by atoms with van der Waals surface area (Å²) in [5, 5.41) is 1.34. The number of oxazole rings is 1. The van der Waals surface area contributed by atoms with Crippen molar-refractivity contribution in [3.63, 3.8) is 0 Å². The number of benzene rings is 4. The van der Waals surface area contributed by atoms with Gasteiger partial charge in [-0.25, -0.2) is 4.98 Å².